The van der Waals surface area contributed by atoms with Gasteiger partial charge in [-0.15, -0.1) is 0 Å². The maximum atomic E-state index is 5.92. The predicted octanol–water partition coefficient (Wildman–Crippen LogP) is 3.62. The van der Waals surface area contributed by atoms with Crippen molar-refractivity contribution in [2.75, 3.05) is 20.3 Å². The summed E-state index contributed by atoms with van der Waals surface area (Å²) >= 11 is 0. The number of aryl methyl sites for hydroxylation is 1. The molecule has 1 N–H and O–H groups in total. The van der Waals surface area contributed by atoms with Gasteiger partial charge < -0.3 is 14.8 Å². The Labute approximate surface area is 128 Å². The minimum Gasteiger partial charge on any atom is -0.494 e. The summed E-state index contributed by atoms with van der Waals surface area (Å²) in [6, 6.07) is 7.12. The third-order valence-electron chi connectivity index (χ3n) is 4.74. The van der Waals surface area contributed by atoms with Gasteiger partial charge in [0.1, 0.15) is 5.75 Å². The SMILES string of the molecule is CNC1CCCc2cc(OCCCC3CCCO3)ccc21. The van der Waals surface area contributed by atoms with Crippen LogP contribution in [-0.4, -0.2) is 26.4 Å². The topological polar surface area (TPSA) is 30.5 Å². The molecule has 0 radical (unpaired) electrons. The Morgan fingerprint density at radius 3 is 3.05 bits per heavy atom. The molecule has 2 atom stereocenters. The number of benzene rings is 1. The molecule has 3 heteroatoms. The summed E-state index contributed by atoms with van der Waals surface area (Å²) in [5, 5.41) is 3.41. The Hall–Kier alpha value is -1.06. The molecule has 3 rings (SSSR count). The van der Waals surface area contributed by atoms with Crippen LogP contribution in [0.2, 0.25) is 0 Å². The lowest BCUT2D eigenvalue weighted by atomic mass is 9.87. The monoisotopic (exact) mass is 289 g/mol. The number of rotatable bonds is 6. The second kappa shape index (κ2) is 7.28. The summed E-state index contributed by atoms with van der Waals surface area (Å²) in [5.41, 5.74) is 2.91. The van der Waals surface area contributed by atoms with E-state index in [-0.39, 0.29) is 0 Å². The first-order chi connectivity index (χ1) is 10.4. The highest BCUT2D eigenvalue weighted by Gasteiger charge is 2.19. The van der Waals surface area contributed by atoms with E-state index in [9.17, 15) is 0 Å². The first-order valence-corrected chi connectivity index (χ1v) is 8.41. The third kappa shape index (κ3) is 3.78. The van der Waals surface area contributed by atoms with Gasteiger partial charge >= 0.3 is 0 Å². The molecule has 1 fully saturated rings. The van der Waals surface area contributed by atoms with Gasteiger partial charge in [-0.3, -0.25) is 0 Å². The maximum absolute atomic E-state index is 5.92. The van der Waals surface area contributed by atoms with E-state index in [1.165, 1.54) is 43.2 Å². The number of hydrogen-bond acceptors (Lipinski definition) is 3. The zero-order valence-electron chi connectivity index (χ0n) is 13.1. The number of ether oxygens (including phenoxy) is 2. The summed E-state index contributed by atoms with van der Waals surface area (Å²) in [7, 11) is 2.05. The molecule has 0 aromatic heterocycles. The standard InChI is InChI=1S/C18H27NO2/c1-19-18-8-2-5-14-13-16(9-10-17(14)18)21-12-4-7-15-6-3-11-20-15/h9-10,13,15,18-19H,2-8,11-12H2,1H3. The summed E-state index contributed by atoms with van der Waals surface area (Å²) < 4.78 is 11.6. The Morgan fingerprint density at radius 1 is 1.29 bits per heavy atom. The van der Waals surface area contributed by atoms with Gasteiger partial charge in [-0.05, 0) is 75.3 Å². The molecule has 0 amide bonds. The molecule has 1 aliphatic heterocycles. The van der Waals surface area contributed by atoms with Crippen molar-refractivity contribution in [3.63, 3.8) is 0 Å². The first-order valence-electron chi connectivity index (χ1n) is 8.41. The van der Waals surface area contributed by atoms with Crippen LogP contribution in [0.4, 0.5) is 0 Å². The summed E-state index contributed by atoms with van der Waals surface area (Å²) in [4.78, 5) is 0. The molecule has 1 aliphatic carbocycles. The van der Waals surface area contributed by atoms with Gasteiger partial charge in [0.25, 0.3) is 0 Å². The molecule has 0 saturated carbocycles. The van der Waals surface area contributed by atoms with E-state index < -0.39 is 0 Å². The van der Waals surface area contributed by atoms with Crippen LogP contribution in [0.25, 0.3) is 0 Å². The highest BCUT2D eigenvalue weighted by molar-refractivity contribution is 5.39. The second-order valence-corrected chi connectivity index (χ2v) is 6.22. The average molecular weight is 289 g/mol. The van der Waals surface area contributed by atoms with Crippen molar-refractivity contribution in [3.8, 4) is 5.75 Å². The molecule has 1 heterocycles. The molecular formula is C18H27NO2. The van der Waals surface area contributed by atoms with Crippen LogP contribution in [0.5, 0.6) is 5.75 Å². The van der Waals surface area contributed by atoms with Gasteiger partial charge in [-0.2, -0.15) is 0 Å². The molecule has 1 aromatic rings. The normalized spacial score (nSPS) is 24.8. The van der Waals surface area contributed by atoms with Crippen molar-refractivity contribution in [3.05, 3.63) is 29.3 Å². The van der Waals surface area contributed by atoms with E-state index >= 15 is 0 Å². The van der Waals surface area contributed by atoms with Gasteiger partial charge in [-0.1, -0.05) is 6.07 Å². The lowest BCUT2D eigenvalue weighted by Gasteiger charge is -2.25. The van der Waals surface area contributed by atoms with Crippen molar-refractivity contribution in [1.82, 2.24) is 5.32 Å². The molecule has 21 heavy (non-hydrogen) atoms. The lowest BCUT2D eigenvalue weighted by Crippen LogP contribution is -2.21. The third-order valence-corrected chi connectivity index (χ3v) is 4.74. The smallest absolute Gasteiger partial charge is 0.119 e. The Balaban J connectivity index is 1.49. The van der Waals surface area contributed by atoms with E-state index in [0.717, 1.165) is 31.8 Å². The molecule has 2 unspecified atom stereocenters. The van der Waals surface area contributed by atoms with Crippen LogP contribution in [0, 0.1) is 0 Å². The molecule has 3 nitrogen and oxygen atoms in total. The first kappa shape index (κ1) is 14.9. The van der Waals surface area contributed by atoms with Crippen molar-refractivity contribution >= 4 is 0 Å². The van der Waals surface area contributed by atoms with E-state index in [1.807, 2.05) is 0 Å². The van der Waals surface area contributed by atoms with E-state index in [2.05, 4.69) is 30.6 Å². The van der Waals surface area contributed by atoms with Gasteiger partial charge in [0.15, 0.2) is 0 Å². The minimum atomic E-state index is 0.480. The molecule has 0 bridgehead atoms. The quantitative estimate of drug-likeness (QED) is 0.811. The van der Waals surface area contributed by atoms with Gasteiger partial charge in [0.05, 0.1) is 12.7 Å². The second-order valence-electron chi connectivity index (χ2n) is 6.22. The van der Waals surface area contributed by atoms with Crippen LogP contribution in [0.1, 0.15) is 55.7 Å². The number of nitrogens with one attached hydrogen (secondary N) is 1. The zero-order valence-corrected chi connectivity index (χ0v) is 13.1. The maximum Gasteiger partial charge on any atom is 0.119 e. The average Bonchev–Trinajstić information content (AvgIpc) is 3.04. The van der Waals surface area contributed by atoms with Crippen LogP contribution in [-0.2, 0) is 11.2 Å². The fourth-order valence-corrected chi connectivity index (χ4v) is 3.55. The van der Waals surface area contributed by atoms with E-state index in [4.69, 9.17) is 9.47 Å². The molecular weight excluding hydrogens is 262 g/mol. The highest BCUT2D eigenvalue weighted by atomic mass is 16.5. The van der Waals surface area contributed by atoms with Crippen molar-refractivity contribution in [1.29, 1.82) is 0 Å². The van der Waals surface area contributed by atoms with Crippen molar-refractivity contribution < 1.29 is 9.47 Å². The Kier molecular flexibility index (Phi) is 5.15. The molecule has 2 aliphatic rings. The van der Waals surface area contributed by atoms with Gasteiger partial charge in [-0.25, -0.2) is 0 Å². The Bertz CT molecular complexity index is 455. The van der Waals surface area contributed by atoms with Crippen molar-refractivity contribution in [2.24, 2.45) is 0 Å². The van der Waals surface area contributed by atoms with Crippen LogP contribution in [0.15, 0.2) is 18.2 Å². The minimum absolute atomic E-state index is 0.480. The largest absolute Gasteiger partial charge is 0.494 e. The molecule has 0 spiro atoms. The van der Waals surface area contributed by atoms with Gasteiger partial charge in [0, 0.05) is 12.6 Å². The summed E-state index contributed by atoms with van der Waals surface area (Å²) in [5.74, 6) is 1.03. The molecule has 116 valence electrons. The van der Waals surface area contributed by atoms with Crippen LogP contribution < -0.4 is 10.1 Å². The fourth-order valence-electron chi connectivity index (χ4n) is 3.55. The summed E-state index contributed by atoms with van der Waals surface area (Å²) in [6.45, 7) is 1.75. The summed E-state index contributed by atoms with van der Waals surface area (Å²) in [6.07, 6.45) is 8.83. The van der Waals surface area contributed by atoms with Crippen LogP contribution >= 0.6 is 0 Å². The molecule has 1 saturated heterocycles. The predicted molar refractivity (Wildman–Crippen MR) is 84.9 cm³/mol. The Morgan fingerprint density at radius 2 is 2.24 bits per heavy atom. The van der Waals surface area contributed by atoms with E-state index in [1.54, 1.807) is 0 Å². The van der Waals surface area contributed by atoms with E-state index in [0.29, 0.717) is 12.1 Å². The fraction of sp³-hybridized carbons (Fsp3) is 0.667. The number of hydrogen-bond donors (Lipinski definition) is 1. The van der Waals surface area contributed by atoms with Crippen LogP contribution in [0.3, 0.4) is 0 Å². The highest BCUT2D eigenvalue weighted by Crippen LogP contribution is 2.32. The van der Waals surface area contributed by atoms with Gasteiger partial charge in [0.2, 0.25) is 0 Å². The molecule has 1 aromatic carbocycles. The number of fused-ring (bicyclic) bond motifs is 1. The van der Waals surface area contributed by atoms with Crippen molar-refractivity contribution in [2.45, 2.75) is 57.1 Å². The lowest BCUT2D eigenvalue weighted by molar-refractivity contribution is 0.0981. The zero-order chi connectivity index (χ0) is 14.5.